The molecule has 2 aromatic heterocycles. The van der Waals surface area contributed by atoms with E-state index in [1.807, 2.05) is 0 Å². The predicted octanol–water partition coefficient (Wildman–Crippen LogP) is 2.57. The van der Waals surface area contributed by atoms with Gasteiger partial charge in [-0.25, -0.2) is 0 Å². The van der Waals surface area contributed by atoms with Crippen molar-refractivity contribution in [2.45, 2.75) is 6.54 Å². The molecule has 0 atom stereocenters. The minimum absolute atomic E-state index is 0.267. The van der Waals surface area contributed by atoms with E-state index in [-0.39, 0.29) is 11.7 Å². The number of carbonyl (C=O) groups excluding carboxylic acids is 1. The van der Waals surface area contributed by atoms with E-state index in [0.29, 0.717) is 17.0 Å². The summed E-state index contributed by atoms with van der Waals surface area (Å²) >= 11 is 3.13. The molecule has 2 rings (SSSR count). The zero-order chi connectivity index (χ0) is 10.7. The van der Waals surface area contributed by atoms with E-state index in [2.05, 4.69) is 21.2 Å². The normalized spacial score (nSPS) is 10.2. The van der Waals surface area contributed by atoms with Crippen molar-refractivity contribution in [2.24, 2.45) is 0 Å². The number of nitrogens with one attached hydrogen (secondary N) is 1. The Hall–Kier alpha value is -1.49. The van der Waals surface area contributed by atoms with Gasteiger partial charge in [0.1, 0.15) is 5.76 Å². The van der Waals surface area contributed by atoms with Gasteiger partial charge in [0.05, 0.1) is 12.8 Å². The molecule has 4 nitrogen and oxygen atoms in total. The van der Waals surface area contributed by atoms with E-state index in [1.54, 1.807) is 30.5 Å². The molecular formula is C10H8BrNO3. The predicted molar refractivity (Wildman–Crippen MR) is 56.3 cm³/mol. The first kappa shape index (κ1) is 10.0. The molecule has 0 saturated carbocycles. The number of rotatable bonds is 3. The molecule has 5 heteroatoms. The molecule has 0 aliphatic rings. The first-order valence-electron chi connectivity index (χ1n) is 4.31. The number of hydrogen-bond acceptors (Lipinski definition) is 3. The summed E-state index contributed by atoms with van der Waals surface area (Å²) in [6.07, 6.45) is 1.56. The van der Waals surface area contributed by atoms with E-state index in [1.165, 1.54) is 0 Å². The van der Waals surface area contributed by atoms with Crippen LogP contribution in [0.15, 0.2) is 44.0 Å². The van der Waals surface area contributed by atoms with E-state index < -0.39 is 0 Å². The summed E-state index contributed by atoms with van der Waals surface area (Å²) in [5.41, 5.74) is 0. The standard InChI is InChI=1S/C10H8BrNO3/c11-9-4-3-8(15-9)10(13)12-6-7-2-1-5-14-7/h1-5H,6H2,(H,12,13). The number of carbonyl (C=O) groups is 1. The molecule has 2 heterocycles. The lowest BCUT2D eigenvalue weighted by Crippen LogP contribution is -2.21. The fourth-order valence-electron chi connectivity index (χ4n) is 1.10. The lowest BCUT2D eigenvalue weighted by Gasteiger charge is -1.99. The van der Waals surface area contributed by atoms with Crippen molar-refractivity contribution in [3.05, 3.63) is 46.7 Å². The molecule has 0 aliphatic heterocycles. The summed E-state index contributed by atoms with van der Waals surface area (Å²) in [7, 11) is 0. The van der Waals surface area contributed by atoms with Crippen LogP contribution in [0, 0.1) is 0 Å². The monoisotopic (exact) mass is 269 g/mol. The molecule has 1 amide bonds. The molecule has 1 N–H and O–H groups in total. The van der Waals surface area contributed by atoms with Crippen molar-refractivity contribution in [3.63, 3.8) is 0 Å². The fraction of sp³-hybridized carbons (Fsp3) is 0.100. The third-order valence-electron chi connectivity index (χ3n) is 1.80. The number of hydrogen-bond donors (Lipinski definition) is 1. The molecule has 78 valence electrons. The Morgan fingerprint density at radius 1 is 1.40 bits per heavy atom. The van der Waals surface area contributed by atoms with Crippen LogP contribution >= 0.6 is 15.9 Å². The van der Waals surface area contributed by atoms with Gasteiger partial charge in [-0.3, -0.25) is 4.79 Å². The minimum atomic E-state index is -0.267. The van der Waals surface area contributed by atoms with Crippen LogP contribution in [0.25, 0.3) is 0 Å². The Balaban J connectivity index is 1.93. The molecule has 0 radical (unpaired) electrons. The van der Waals surface area contributed by atoms with Crippen LogP contribution in [-0.4, -0.2) is 5.91 Å². The van der Waals surface area contributed by atoms with Crippen LogP contribution in [0.2, 0.25) is 0 Å². The van der Waals surface area contributed by atoms with Gasteiger partial charge in [0.2, 0.25) is 0 Å². The first-order valence-corrected chi connectivity index (χ1v) is 5.11. The molecule has 0 fully saturated rings. The number of amides is 1. The van der Waals surface area contributed by atoms with Crippen molar-refractivity contribution in [1.82, 2.24) is 5.32 Å². The van der Waals surface area contributed by atoms with Crippen LogP contribution < -0.4 is 5.32 Å². The molecule has 0 aromatic carbocycles. The number of furan rings is 2. The second-order valence-electron chi connectivity index (χ2n) is 2.87. The van der Waals surface area contributed by atoms with Crippen molar-refractivity contribution in [2.75, 3.05) is 0 Å². The fourth-order valence-corrected chi connectivity index (χ4v) is 1.41. The average Bonchev–Trinajstić information content (AvgIpc) is 2.84. The lowest BCUT2D eigenvalue weighted by molar-refractivity contribution is 0.0919. The van der Waals surface area contributed by atoms with Crippen molar-refractivity contribution in [1.29, 1.82) is 0 Å². The van der Waals surface area contributed by atoms with Crippen LogP contribution in [0.5, 0.6) is 0 Å². The lowest BCUT2D eigenvalue weighted by atomic mass is 10.4. The summed E-state index contributed by atoms with van der Waals surface area (Å²) < 4.78 is 10.7. The van der Waals surface area contributed by atoms with E-state index in [4.69, 9.17) is 8.83 Å². The Bertz CT molecular complexity index is 447. The molecule has 0 bridgehead atoms. The third kappa shape index (κ3) is 2.50. The van der Waals surface area contributed by atoms with Gasteiger partial charge in [-0.2, -0.15) is 0 Å². The summed E-state index contributed by atoms with van der Waals surface area (Å²) in [5, 5.41) is 2.67. The molecule has 0 aliphatic carbocycles. The smallest absolute Gasteiger partial charge is 0.287 e. The molecule has 0 spiro atoms. The van der Waals surface area contributed by atoms with Crippen LogP contribution in [0.4, 0.5) is 0 Å². The maximum absolute atomic E-state index is 11.5. The maximum Gasteiger partial charge on any atom is 0.287 e. The Labute approximate surface area is 94.4 Å². The zero-order valence-corrected chi connectivity index (χ0v) is 9.28. The highest BCUT2D eigenvalue weighted by Crippen LogP contribution is 2.13. The van der Waals surface area contributed by atoms with E-state index >= 15 is 0 Å². The summed E-state index contributed by atoms with van der Waals surface area (Å²) in [6, 6.07) is 6.83. The van der Waals surface area contributed by atoms with Gasteiger partial charge in [-0.05, 0) is 40.2 Å². The molecule has 0 unspecified atom stereocenters. The quantitative estimate of drug-likeness (QED) is 0.932. The van der Waals surface area contributed by atoms with Gasteiger partial charge in [0.25, 0.3) is 5.91 Å². The average molecular weight is 270 g/mol. The second kappa shape index (κ2) is 4.35. The topological polar surface area (TPSA) is 55.4 Å². The zero-order valence-electron chi connectivity index (χ0n) is 7.70. The summed E-state index contributed by atoms with van der Waals surface area (Å²) in [5.74, 6) is 0.708. The van der Waals surface area contributed by atoms with Crippen LogP contribution in [0.3, 0.4) is 0 Å². The van der Waals surface area contributed by atoms with Gasteiger partial charge in [0.15, 0.2) is 10.4 Å². The first-order chi connectivity index (χ1) is 7.25. The molecule has 2 aromatic rings. The second-order valence-corrected chi connectivity index (χ2v) is 3.65. The van der Waals surface area contributed by atoms with E-state index in [0.717, 1.165) is 0 Å². The van der Waals surface area contributed by atoms with Gasteiger partial charge in [0, 0.05) is 0 Å². The van der Waals surface area contributed by atoms with Crippen LogP contribution in [-0.2, 0) is 6.54 Å². The molecule has 0 saturated heterocycles. The van der Waals surface area contributed by atoms with Gasteiger partial charge >= 0.3 is 0 Å². The highest BCUT2D eigenvalue weighted by molar-refractivity contribution is 9.10. The Morgan fingerprint density at radius 3 is 2.87 bits per heavy atom. The van der Waals surface area contributed by atoms with Crippen molar-refractivity contribution in [3.8, 4) is 0 Å². The SMILES string of the molecule is O=C(NCc1ccco1)c1ccc(Br)o1. The van der Waals surface area contributed by atoms with Crippen molar-refractivity contribution >= 4 is 21.8 Å². The van der Waals surface area contributed by atoms with E-state index in [9.17, 15) is 4.79 Å². The van der Waals surface area contributed by atoms with Gasteiger partial charge in [-0.15, -0.1) is 0 Å². The number of halogens is 1. The Kier molecular flexibility index (Phi) is 2.91. The highest BCUT2D eigenvalue weighted by Gasteiger charge is 2.09. The summed E-state index contributed by atoms with van der Waals surface area (Å²) in [4.78, 5) is 11.5. The van der Waals surface area contributed by atoms with Crippen LogP contribution in [0.1, 0.15) is 16.3 Å². The summed E-state index contributed by atoms with van der Waals surface area (Å²) in [6.45, 7) is 0.351. The third-order valence-corrected chi connectivity index (χ3v) is 2.23. The minimum Gasteiger partial charge on any atom is -0.467 e. The van der Waals surface area contributed by atoms with Gasteiger partial charge < -0.3 is 14.2 Å². The largest absolute Gasteiger partial charge is 0.467 e. The van der Waals surface area contributed by atoms with Crippen molar-refractivity contribution < 1.29 is 13.6 Å². The Morgan fingerprint density at radius 2 is 2.27 bits per heavy atom. The molecule has 15 heavy (non-hydrogen) atoms. The molecular weight excluding hydrogens is 262 g/mol. The highest BCUT2D eigenvalue weighted by atomic mass is 79.9. The van der Waals surface area contributed by atoms with Gasteiger partial charge in [-0.1, -0.05) is 0 Å². The maximum atomic E-state index is 11.5.